The van der Waals surface area contributed by atoms with Crippen molar-refractivity contribution >= 4 is 23.7 Å². The number of hydrogen-bond acceptors (Lipinski definition) is 6. The summed E-state index contributed by atoms with van der Waals surface area (Å²) in [5.74, 6) is -2.64. The Labute approximate surface area is 196 Å². The number of carboxylic acids is 2. The maximum absolute atomic E-state index is 14.6. The minimum Gasteiger partial charge on any atom is -0.478 e. The van der Waals surface area contributed by atoms with Gasteiger partial charge in [0, 0.05) is 55.8 Å². The molecule has 1 unspecified atom stereocenters. The molecule has 4 rings (SSSR count). The molecular formula is C24H27FN2O5S. The Bertz CT molecular complexity index is 992. The molecule has 2 aliphatic heterocycles. The van der Waals surface area contributed by atoms with Crippen molar-refractivity contribution in [3.8, 4) is 0 Å². The summed E-state index contributed by atoms with van der Waals surface area (Å²) in [5.41, 5.74) is 2.41. The molecule has 0 radical (unpaired) electrons. The molecule has 0 aromatic heterocycles. The van der Waals surface area contributed by atoms with Gasteiger partial charge < -0.3 is 15.3 Å². The number of halogens is 1. The van der Waals surface area contributed by atoms with Gasteiger partial charge in [-0.15, -0.1) is 0 Å². The lowest BCUT2D eigenvalue weighted by Crippen LogP contribution is -2.48. The lowest BCUT2D eigenvalue weighted by molar-refractivity contribution is -0.134. The van der Waals surface area contributed by atoms with Gasteiger partial charge in [0.25, 0.3) is 0 Å². The number of aliphatic hydroxyl groups excluding tert-OH is 1. The van der Waals surface area contributed by atoms with Crippen molar-refractivity contribution in [2.24, 2.45) is 0 Å². The second-order valence-corrected chi connectivity index (χ2v) is 8.75. The first-order chi connectivity index (χ1) is 15.9. The van der Waals surface area contributed by atoms with E-state index in [2.05, 4.69) is 34.1 Å². The number of aliphatic carboxylic acids is 2. The molecule has 2 aromatic rings. The van der Waals surface area contributed by atoms with Gasteiger partial charge in [-0.05, 0) is 29.7 Å². The van der Waals surface area contributed by atoms with Gasteiger partial charge in [0.1, 0.15) is 5.82 Å². The molecule has 0 aliphatic carbocycles. The predicted octanol–water partition coefficient (Wildman–Crippen LogP) is 2.90. The fraction of sp³-hybridized carbons (Fsp3) is 0.333. The standard InChI is InChI=1S/C20H23FN2OS.C4H4O4/c21-17-6-3-5-16-18(23-10-8-22(9-11-23)12-13-24)14-15-4-1-2-7-19(15)25-20(16)17;5-3(6)1-2-4(7)8/h1-7,18,24H,8-14H2;1-2H,(H,5,6)(H,7,8). The maximum Gasteiger partial charge on any atom is 0.328 e. The van der Waals surface area contributed by atoms with E-state index >= 15 is 0 Å². The van der Waals surface area contributed by atoms with Gasteiger partial charge in [0.15, 0.2) is 0 Å². The number of benzene rings is 2. The summed E-state index contributed by atoms with van der Waals surface area (Å²) in [6.07, 6.45) is 2.03. The second kappa shape index (κ2) is 11.9. The van der Waals surface area contributed by atoms with Gasteiger partial charge in [-0.2, -0.15) is 0 Å². The van der Waals surface area contributed by atoms with Gasteiger partial charge in [0.05, 0.1) is 11.5 Å². The number of carboxylic acid groups (broad SMARTS) is 2. The van der Waals surface area contributed by atoms with Crippen LogP contribution in [0.1, 0.15) is 17.2 Å². The average Bonchev–Trinajstić information content (AvgIpc) is 2.97. The maximum atomic E-state index is 14.6. The minimum absolute atomic E-state index is 0.122. The lowest BCUT2D eigenvalue weighted by Gasteiger charge is -2.39. The van der Waals surface area contributed by atoms with Crippen molar-refractivity contribution in [3.63, 3.8) is 0 Å². The number of carbonyl (C=O) groups is 2. The van der Waals surface area contributed by atoms with E-state index in [0.29, 0.717) is 12.2 Å². The van der Waals surface area contributed by atoms with Crippen LogP contribution >= 0.6 is 11.8 Å². The van der Waals surface area contributed by atoms with Gasteiger partial charge in [-0.1, -0.05) is 42.1 Å². The van der Waals surface area contributed by atoms with E-state index in [0.717, 1.165) is 54.5 Å². The van der Waals surface area contributed by atoms with Crippen LogP contribution in [0.3, 0.4) is 0 Å². The van der Waals surface area contributed by atoms with Crippen molar-refractivity contribution in [1.29, 1.82) is 0 Å². The normalized spacial score (nSPS) is 18.5. The van der Waals surface area contributed by atoms with E-state index in [9.17, 15) is 14.0 Å². The van der Waals surface area contributed by atoms with E-state index in [1.165, 1.54) is 5.56 Å². The Morgan fingerprint density at radius 2 is 1.67 bits per heavy atom. The molecule has 7 nitrogen and oxygen atoms in total. The molecular weight excluding hydrogens is 447 g/mol. The highest BCUT2D eigenvalue weighted by atomic mass is 32.2. The molecule has 0 amide bonds. The quantitative estimate of drug-likeness (QED) is 0.569. The highest BCUT2D eigenvalue weighted by Crippen LogP contribution is 2.44. The van der Waals surface area contributed by atoms with Crippen LogP contribution in [0.15, 0.2) is 64.4 Å². The summed E-state index contributed by atoms with van der Waals surface area (Å²) < 4.78 is 14.6. The SMILES string of the molecule is O=C(O)C=CC(=O)O.OCCN1CCN(C2Cc3ccccc3Sc3c(F)cccc32)CC1. The molecule has 33 heavy (non-hydrogen) atoms. The van der Waals surface area contributed by atoms with Gasteiger partial charge in [-0.25, -0.2) is 14.0 Å². The molecule has 1 atom stereocenters. The molecule has 0 saturated carbocycles. The molecule has 3 N–H and O–H groups in total. The van der Waals surface area contributed by atoms with Crippen LogP contribution in [-0.2, 0) is 16.0 Å². The third-order valence-corrected chi connectivity index (χ3v) is 6.84. The van der Waals surface area contributed by atoms with E-state index in [1.807, 2.05) is 12.1 Å². The van der Waals surface area contributed by atoms with Crippen molar-refractivity contribution in [1.82, 2.24) is 9.80 Å². The number of fused-ring (bicyclic) bond motifs is 2. The summed E-state index contributed by atoms with van der Waals surface area (Å²) in [5, 5.41) is 24.8. The summed E-state index contributed by atoms with van der Waals surface area (Å²) >= 11 is 1.56. The third kappa shape index (κ3) is 6.88. The first-order valence-electron chi connectivity index (χ1n) is 10.6. The zero-order valence-electron chi connectivity index (χ0n) is 18.1. The van der Waals surface area contributed by atoms with Gasteiger partial charge in [0.2, 0.25) is 0 Å². The third-order valence-electron chi connectivity index (χ3n) is 5.59. The number of piperazine rings is 1. The Morgan fingerprint density at radius 3 is 2.30 bits per heavy atom. The van der Waals surface area contributed by atoms with Gasteiger partial charge >= 0.3 is 11.9 Å². The number of β-amino-alcohol motifs (C(OH)–C–C–N with tert-alkyl or cyclic N) is 1. The largest absolute Gasteiger partial charge is 0.478 e. The molecule has 176 valence electrons. The smallest absolute Gasteiger partial charge is 0.328 e. The molecule has 0 bridgehead atoms. The number of aliphatic hydroxyl groups is 1. The topological polar surface area (TPSA) is 101 Å². The van der Waals surface area contributed by atoms with Crippen LogP contribution in [-0.4, -0.2) is 76.4 Å². The number of rotatable bonds is 5. The minimum atomic E-state index is -1.26. The van der Waals surface area contributed by atoms with Crippen LogP contribution in [0.5, 0.6) is 0 Å². The van der Waals surface area contributed by atoms with Crippen molar-refractivity contribution in [2.45, 2.75) is 22.3 Å². The number of nitrogens with zero attached hydrogens (tertiary/aromatic N) is 2. The Kier molecular flexibility index (Phi) is 9.02. The van der Waals surface area contributed by atoms with E-state index in [4.69, 9.17) is 15.3 Å². The van der Waals surface area contributed by atoms with Crippen LogP contribution in [0.2, 0.25) is 0 Å². The Morgan fingerprint density at radius 1 is 1.00 bits per heavy atom. The molecule has 2 heterocycles. The molecule has 2 aliphatic rings. The summed E-state index contributed by atoms with van der Waals surface area (Å²) in [7, 11) is 0. The Hall–Kier alpha value is -2.72. The monoisotopic (exact) mass is 474 g/mol. The van der Waals surface area contributed by atoms with Crippen LogP contribution in [0.4, 0.5) is 4.39 Å². The summed E-state index contributed by atoms with van der Waals surface area (Å²) in [6.45, 7) is 4.76. The molecule has 1 fully saturated rings. The first kappa shape index (κ1) is 24.9. The van der Waals surface area contributed by atoms with Crippen LogP contribution in [0.25, 0.3) is 0 Å². The highest BCUT2D eigenvalue weighted by molar-refractivity contribution is 7.99. The fourth-order valence-electron chi connectivity index (χ4n) is 4.00. The van der Waals surface area contributed by atoms with Gasteiger partial charge in [-0.3, -0.25) is 9.80 Å². The summed E-state index contributed by atoms with van der Waals surface area (Å²) in [4.78, 5) is 25.8. The highest BCUT2D eigenvalue weighted by Gasteiger charge is 2.30. The number of hydrogen-bond donors (Lipinski definition) is 3. The van der Waals surface area contributed by atoms with E-state index < -0.39 is 11.9 Å². The van der Waals surface area contributed by atoms with Crippen LogP contribution < -0.4 is 0 Å². The van der Waals surface area contributed by atoms with Crippen molar-refractivity contribution < 1.29 is 29.3 Å². The van der Waals surface area contributed by atoms with E-state index in [-0.39, 0.29) is 18.5 Å². The first-order valence-corrected chi connectivity index (χ1v) is 11.5. The predicted molar refractivity (Wildman–Crippen MR) is 123 cm³/mol. The van der Waals surface area contributed by atoms with Crippen molar-refractivity contribution in [3.05, 3.63) is 71.6 Å². The average molecular weight is 475 g/mol. The Balaban J connectivity index is 0.000000331. The zero-order valence-corrected chi connectivity index (χ0v) is 18.9. The van der Waals surface area contributed by atoms with E-state index in [1.54, 1.807) is 17.8 Å². The zero-order chi connectivity index (χ0) is 23.8. The molecule has 1 saturated heterocycles. The summed E-state index contributed by atoms with van der Waals surface area (Å²) in [6, 6.07) is 14.1. The second-order valence-electron chi connectivity index (χ2n) is 7.70. The molecule has 9 heteroatoms. The fourth-order valence-corrected chi connectivity index (χ4v) is 5.14. The lowest BCUT2D eigenvalue weighted by atomic mass is 9.96. The van der Waals surface area contributed by atoms with Crippen molar-refractivity contribution in [2.75, 3.05) is 39.3 Å². The molecule has 0 spiro atoms. The van der Waals surface area contributed by atoms with Crippen LogP contribution in [0, 0.1) is 5.82 Å². The molecule has 2 aromatic carbocycles.